The van der Waals surface area contributed by atoms with Crippen LogP contribution >= 0.6 is 11.6 Å². The molecule has 1 aromatic heterocycles. The fourth-order valence-electron chi connectivity index (χ4n) is 2.19. The molecular formula is C16H14ClN3. The van der Waals surface area contributed by atoms with E-state index < -0.39 is 0 Å². The van der Waals surface area contributed by atoms with Crippen molar-refractivity contribution in [2.75, 3.05) is 5.73 Å². The third-order valence-corrected chi connectivity index (χ3v) is 3.50. The van der Waals surface area contributed by atoms with Crippen molar-refractivity contribution in [3.63, 3.8) is 0 Å². The number of aromatic nitrogens is 2. The Bertz CT molecular complexity index is 748. The molecule has 0 aliphatic carbocycles. The molecule has 0 saturated heterocycles. The molecule has 3 aromatic rings. The summed E-state index contributed by atoms with van der Waals surface area (Å²) in [5, 5.41) is 5.31. The summed E-state index contributed by atoms with van der Waals surface area (Å²) in [5.41, 5.74) is 9.90. The fraction of sp³-hybridized carbons (Fsp3) is 0.0625. The highest BCUT2D eigenvalue weighted by Crippen LogP contribution is 2.29. The average Bonchev–Trinajstić information content (AvgIpc) is 2.76. The van der Waals surface area contributed by atoms with Crippen molar-refractivity contribution in [2.24, 2.45) is 0 Å². The number of nitrogens with two attached hydrogens (primary N) is 1. The van der Waals surface area contributed by atoms with Gasteiger partial charge >= 0.3 is 0 Å². The first kappa shape index (κ1) is 12.8. The van der Waals surface area contributed by atoms with Gasteiger partial charge in [-0.15, -0.1) is 0 Å². The normalized spacial score (nSPS) is 10.7. The quantitative estimate of drug-likeness (QED) is 0.770. The number of anilines is 1. The van der Waals surface area contributed by atoms with Crippen molar-refractivity contribution in [3.05, 3.63) is 65.2 Å². The van der Waals surface area contributed by atoms with E-state index in [1.165, 1.54) is 0 Å². The highest BCUT2D eigenvalue weighted by atomic mass is 35.5. The molecule has 0 radical (unpaired) electrons. The van der Waals surface area contributed by atoms with Crippen LogP contribution in [0.4, 0.5) is 5.82 Å². The molecule has 0 fully saturated rings. The second-order valence-corrected chi connectivity index (χ2v) is 5.05. The second kappa shape index (κ2) is 5.02. The van der Waals surface area contributed by atoms with E-state index in [1.54, 1.807) is 4.68 Å². The molecule has 0 atom stereocenters. The number of nitrogen functional groups attached to an aromatic ring is 1. The molecule has 0 saturated carbocycles. The van der Waals surface area contributed by atoms with E-state index in [4.69, 9.17) is 17.3 Å². The zero-order valence-electron chi connectivity index (χ0n) is 11.0. The SMILES string of the molecule is Cc1c(-c2cccc(Cl)c2)nn(-c2ccccc2)c1N. The smallest absolute Gasteiger partial charge is 0.130 e. The maximum absolute atomic E-state index is 6.18. The Hall–Kier alpha value is -2.26. The minimum atomic E-state index is 0.645. The molecule has 0 spiro atoms. The number of para-hydroxylation sites is 1. The molecule has 4 heteroatoms. The average molecular weight is 284 g/mol. The van der Waals surface area contributed by atoms with Crippen molar-refractivity contribution in [1.82, 2.24) is 9.78 Å². The zero-order valence-corrected chi connectivity index (χ0v) is 11.8. The van der Waals surface area contributed by atoms with Gasteiger partial charge in [-0.3, -0.25) is 0 Å². The van der Waals surface area contributed by atoms with Crippen molar-refractivity contribution in [1.29, 1.82) is 0 Å². The van der Waals surface area contributed by atoms with E-state index in [-0.39, 0.29) is 0 Å². The summed E-state index contributed by atoms with van der Waals surface area (Å²) < 4.78 is 1.76. The minimum Gasteiger partial charge on any atom is -0.383 e. The van der Waals surface area contributed by atoms with Crippen LogP contribution in [0.5, 0.6) is 0 Å². The fourth-order valence-corrected chi connectivity index (χ4v) is 2.38. The van der Waals surface area contributed by atoms with Crippen LogP contribution in [-0.4, -0.2) is 9.78 Å². The first-order chi connectivity index (χ1) is 9.66. The van der Waals surface area contributed by atoms with Gasteiger partial charge in [0, 0.05) is 16.1 Å². The highest BCUT2D eigenvalue weighted by Gasteiger charge is 2.14. The van der Waals surface area contributed by atoms with Gasteiger partial charge in [-0.1, -0.05) is 41.9 Å². The van der Waals surface area contributed by atoms with Crippen LogP contribution in [0.2, 0.25) is 5.02 Å². The Morgan fingerprint density at radius 1 is 1.05 bits per heavy atom. The van der Waals surface area contributed by atoms with Crippen molar-refractivity contribution in [3.8, 4) is 16.9 Å². The van der Waals surface area contributed by atoms with Crippen LogP contribution < -0.4 is 5.73 Å². The Labute approximate surface area is 122 Å². The van der Waals surface area contributed by atoms with Crippen LogP contribution in [0.1, 0.15) is 5.56 Å². The minimum absolute atomic E-state index is 0.645. The van der Waals surface area contributed by atoms with Gasteiger partial charge in [0.2, 0.25) is 0 Å². The van der Waals surface area contributed by atoms with Crippen molar-refractivity contribution < 1.29 is 0 Å². The zero-order chi connectivity index (χ0) is 14.1. The predicted molar refractivity (Wildman–Crippen MR) is 83.2 cm³/mol. The molecule has 3 nitrogen and oxygen atoms in total. The third-order valence-electron chi connectivity index (χ3n) is 3.27. The lowest BCUT2D eigenvalue weighted by molar-refractivity contribution is 0.895. The van der Waals surface area contributed by atoms with E-state index >= 15 is 0 Å². The molecule has 0 aliphatic heterocycles. The number of hydrogen-bond donors (Lipinski definition) is 1. The van der Waals surface area contributed by atoms with E-state index in [0.717, 1.165) is 22.5 Å². The van der Waals surface area contributed by atoms with E-state index in [9.17, 15) is 0 Å². The van der Waals surface area contributed by atoms with Crippen LogP contribution in [0.15, 0.2) is 54.6 Å². The lowest BCUT2D eigenvalue weighted by Crippen LogP contribution is -2.01. The van der Waals surface area contributed by atoms with E-state index in [2.05, 4.69) is 5.10 Å². The third kappa shape index (κ3) is 2.17. The monoisotopic (exact) mass is 283 g/mol. The molecular weight excluding hydrogens is 270 g/mol. The van der Waals surface area contributed by atoms with Gasteiger partial charge in [-0.05, 0) is 31.2 Å². The molecule has 0 amide bonds. The second-order valence-electron chi connectivity index (χ2n) is 4.62. The molecule has 0 bridgehead atoms. The Balaban J connectivity index is 2.16. The first-order valence-corrected chi connectivity index (χ1v) is 6.71. The number of nitrogens with zero attached hydrogens (tertiary/aromatic N) is 2. The largest absolute Gasteiger partial charge is 0.383 e. The van der Waals surface area contributed by atoms with Gasteiger partial charge < -0.3 is 5.73 Å². The Kier molecular flexibility index (Phi) is 3.20. The summed E-state index contributed by atoms with van der Waals surface area (Å²) in [5.74, 6) is 0.645. The first-order valence-electron chi connectivity index (χ1n) is 6.33. The summed E-state index contributed by atoms with van der Waals surface area (Å²) in [6.07, 6.45) is 0. The van der Waals surface area contributed by atoms with Gasteiger partial charge in [-0.2, -0.15) is 5.10 Å². The number of halogens is 1. The summed E-state index contributed by atoms with van der Waals surface area (Å²) in [7, 11) is 0. The van der Waals surface area contributed by atoms with Gasteiger partial charge in [0.1, 0.15) is 5.82 Å². The number of benzene rings is 2. The standard InChI is InChI=1S/C16H14ClN3/c1-11-15(12-6-5-7-13(17)10-12)19-20(16(11)18)14-8-3-2-4-9-14/h2-10H,18H2,1H3. The van der Waals surface area contributed by atoms with Gasteiger partial charge in [0.25, 0.3) is 0 Å². The van der Waals surface area contributed by atoms with Crippen molar-refractivity contribution >= 4 is 17.4 Å². The van der Waals surface area contributed by atoms with Crippen molar-refractivity contribution in [2.45, 2.75) is 6.92 Å². The summed E-state index contributed by atoms with van der Waals surface area (Å²) in [6, 6.07) is 17.5. The van der Waals surface area contributed by atoms with Crippen LogP contribution in [0.25, 0.3) is 16.9 Å². The number of rotatable bonds is 2. The molecule has 1 heterocycles. The van der Waals surface area contributed by atoms with Crippen LogP contribution in [0, 0.1) is 6.92 Å². The van der Waals surface area contributed by atoms with Gasteiger partial charge in [-0.25, -0.2) is 4.68 Å². The lowest BCUT2D eigenvalue weighted by atomic mass is 10.1. The van der Waals surface area contributed by atoms with E-state index in [1.807, 2.05) is 61.5 Å². The Morgan fingerprint density at radius 2 is 1.80 bits per heavy atom. The van der Waals surface area contributed by atoms with Crippen LogP contribution in [-0.2, 0) is 0 Å². The molecule has 0 aliphatic rings. The topological polar surface area (TPSA) is 43.8 Å². The molecule has 20 heavy (non-hydrogen) atoms. The summed E-state index contributed by atoms with van der Waals surface area (Å²) in [4.78, 5) is 0. The van der Waals surface area contributed by atoms with Gasteiger partial charge in [0.15, 0.2) is 0 Å². The number of hydrogen-bond acceptors (Lipinski definition) is 2. The summed E-state index contributed by atoms with van der Waals surface area (Å²) >= 11 is 6.04. The highest BCUT2D eigenvalue weighted by molar-refractivity contribution is 6.30. The predicted octanol–water partition coefficient (Wildman–Crippen LogP) is 4.08. The molecule has 0 unspecified atom stereocenters. The maximum Gasteiger partial charge on any atom is 0.130 e. The molecule has 2 aromatic carbocycles. The van der Waals surface area contributed by atoms with E-state index in [0.29, 0.717) is 10.8 Å². The summed E-state index contributed by atoms with van der Waals surface area (Å²) in [6.45, 7) is 1.97. The molecule has 100 valence electrons. The molecule has 2 N–H and O–H groups in total. The molecule has 3 rings (SSSR count). The lowest BCUT2D eigenvalue weighted by Gasteiger charge is -2.02. The maximum atomic E-state index is 6.18. The van der Waals surface area contributed by atoms with Crippen LogP contribution in [0.3, 0.4) is 0 Å². The van der Waals surface area contributed by atoms with Gasteiger partial charge in [0.05, 0.1) is 11.4 Å². The Morgan fingerprint density at radius 3 is 2.50 bits per heavy atom.